The molecule has 0 aliphatic heterocycles. The van der Waals surface area contributed by atoms with Gasteiger partial charge in [-0.25, -0.2) is 8.42 Å². The first-order valence-electron chi connectivity index (χ1n) is 6.13. The first-order valence-corrected chi connectivity index (χ1v) is 9.20. The molecule has 2 rings (SSSR count). The Morgan fingerprint density at radius 1 is 1.09 bits per heavy atom. The van der Waals surface area contributed by atoms with E-state index in [1.165, 1.54) is 19.2 Å². The summed E-state index contributed by atoms with van der Waals surface area (Å²) in [6, 6.07) is 11.1. The van der Waals surface area contributed by atoms with E-state index >= 15 is 0 Å². The van der Waals surface area contributed by atoms with E-state index in [0.29, 0.717) is 20.2 Å². The van der Waals surface area contributed by atoms with Crippen LogP contribution in [0.1, 0.15) is 10.4 Å². The van der Waals surface area contributed by atoms with E-state index in [1.54, 1.807) is 30.3 Å². The molecule has 2 aromatic rings. The number of hydrogen-bond donors (Lipinski definition) is 2. The lowest BCUT2D eigenvalue weighted by Crippen LogP contribution is -2.18. The molecule has 0 aromatic heterocycles. The topological polar surface area (TPSA) is 75.3 Å². The minimum atomic E-state index is -3.77. The minimum Gasteiger partial charge on any atom is -0.355 e. The number of halogens is 2. The monoisotopic (exact) mass is 446 g/mol. The zero-order valence-electron chi connectivity index (χ0n) is 11.4. The maximum absolute atomic E-state index is 12.5. The molecule has 0 unspecified atom stereocenters. The molecule has 0 atom stereocenters. The lowest BCUT2D eigenvalue weighted by molar-refractivity contribution is 0.0963. The van der Waals surface area contributed by atoms with Crippen molar-refractivity contribution >= 4 is 53.5 Å². The third-order valence-electron chi connectivity index (χ3n) is 2.79. The highest BCUT2D eigenvalue weighted by molar-refractivity contribution is 9.11. The standard InChI is InChI=1S/C14H12Br2N2O3S/c1-17-14(19)9-3-2-4-11(7-9)18-22(20,21)13-8-10(15)5-6-12(13)16/h2-8,18H,1H3,(H,17,19). The van der Waals surface area contributed by atoms with Gasteiger partial charge in [0.15, 0.2) is 0 Å². The predicted octanol–water partition coefficient (Wildman–Crippen LogP) is 3.37. The quantitative estimate of drug-likeness (QED) is 0.754. The fourth-order valence-electron chi connectivity index (χ4n) is 1.76. The van der Waals surface area contributed by atoms with Gasteiger partial charge in [-0.05, 0) is 52.3 Å². The number of benzene rings is 2. The van der Waals surface area contributed by atoms with Crippen LogP contribution < -0.4 is 10.0 Å². The van der Waals surface area contributed by atoms with Crippen LogP contribution >= 0.6 is 31.9 Å². The zero-order valence-corrected chi connectivity index (χ0v) is 15.4. The molecule has 2 N–H and O–H groups in total. The minimum absolute atomic E-state index is 0.104. The Kier molecular flexibility index (Phi) is 5.25. The van der Waals surface area contributed by atoms with Gasteiger partial charge in [0, 0.05) is 27.2 Å². The van der Waals surface area contributed by atoms with Crippen LogP contribution in [0.5, 0.6) is 0 Å². The van der Waals surface area contributed by atoms with Gasteiger partial charge in [-0.15, -0.1) is 0 Å². The molecule has 0 saturated heterocycles. The molecular weight excluding hydrogens is 436 g/mol. The Hall–Kier alpha value is -1.38. The normalized spacial score (nSPS) is 11.0. The zero-order chi connectivity index (χ0) is 16.3. The molecule has 0 heterocycles. The molecule has 0 bridgehead atoms. The molecule has 1 amide bonds. The number of carbonyl (C=O) groups is 1. The molecule has 116 valence electrons. The molecule has 0 aliphatic carbocycles. The molecule has 0 spiro atoms. The number of anilines is 1. The van der Waals surface area contributed by atoms with Crippen LogP contribution in [0.2, 0.25) is 0 Å². The fraction of sp³-hybridized carbons (Fsp3) is 0.0714. The summed E-state index contributed by atoms with van der Waals surface area (Å²) in [7, 11) is -2.26. The van der Waals surface area contributed by atoms with Gasteiger partial charge >= 0.3 is 0 Å². The van der Waals surface area contributed by atoms with Gasteiger partial charge in [-0.1, -0.05) is 22.0 Å². The van der Waals surface area contributed by atoms with Crippen molar-refractivity contribution in [2.45, 2.75) is 4.90 Å². The van der Waals surface area contributed by atoms with Crippen LogP contribution in [-0.2, 0) is 10.0 Å². The highest BCUT2D eigenvalue weighted by Gasteiger charge is 2.18. The van der Waals surface area contributed by atoms with Crippen molar-refractivity contribution in [1.29, 1.82) is 0 Å². The van der Waals surface area contributed by atoms with Gasteiger partial charge in [-0.2, -0.15) is 0 Å². The van der Waals surface area contributed by atoms with Gasteiger partial charge < -0.3 is 5.32 Å². The summed E-state index contributed by atoms with van der Waals surface area (Å²) >= 11 is 6.47. The highest BCUT2D eigenvalue weighted by atomic mass is 79.9. The molecule has 0 saturated carbocycles. The van der Waals surface area contributed by atoms with Crippen LogP contribution in [0.15, 0.2) is 56.3 Å². The number of sulfonamides is 1. The average Bonchev–Trinajstić information content (AvgIpc) is 2.48. The smallest absolute Gasteiger partial charge is 0.263 e. The Morgan fingerprint density at radius 3 is 2.50 bits per heavy atom. The van der Waals surface area contributed by atoms with Crippen molar-refractivity contribution in [2.24, 2.45) is 0 Å². The van der Waals surface area contributed by atoms with E-state index in [9.17, 15) is 13.2 Å². The van der Waals surface area contributed by atoms with Crippen molar-refractivity contribution in [3.63, 3.8) is 0 Å². The number of rotatable bonds is 4. The van der Waals surface area contributed by atoms with Crippen molar-refractivity contribution in [3.8, 4) is 0 Å². The molecule has 0 fully saturated rings. The Balaban J connectivity index is 2.37. The molecule has 22 heavy (non-hydrogen) atoms. The van der Waals surface area contributed by atoms with Crippen molar-refractivity contribution in [2.75, 3.05) is 11.8 Å². The molecule has 5 nitrogen and oxygen atoms in total. The van der Waals surface area contributed by atoms with Gasteiger partial charge in [-0.3, -0.25) is 9.52 Å². The van der Waals surface area contributed by atoms with Gasteiger partial charge in [0.25, 0.3) is 15.9 Å². The van der Waals surface area contributed by atoms with E-state index in [0.717, 1.165) is 0 Å². The van der Waals surface area contributed by atoms with E-state index in [4.69, 9.17) is 0 Å². The van der Waals surface area contributed by atoms with Crippen molar-refractivity contribution in [3.05, 3.63) is 57.0 Å². The van der Waals surface area contributed by atoms with Crippen LogP contribution in [0, 0.1) is 0 Å². The summed E-state index contributed by atoms with van der Waals surface area (Å²) in [4.78, 5) is 11.7. The summed E-state index contributed by atoms with van der Waals surface area (Å²) in [6.45, 7) is 0. The molecule has 8 heteroatoms. The predicted molar refractivity (Wildman–Crippen MR) is 92.5 cm³/mol. The Bertz CT molecular complexity index is 823. The molecule has 0 radical (unpaired) electrons. The van der Waals surface area contributed by atoms with E-state index < -0.39 is 10.0 Å². The number of carbonyl (C=O) groups excluding carboxylic acids is 1. The van der Waals surface area contributed by atoms with Gasteiger partial charge in [0.2, 0.25) is 0 Å². The fourth-order valence-corrected chi connectivity index (χ4v) is 4.31. The van der Waals surface area contributed by atoms with Crippen LogP contribution in [-0.4, -0.2) is 21.4 Å². The number of hydrogen-bond acceptors (Lipinski definition) is 3. The third-order valence-corrected chi connectivity index (χ3v) is 5.66. The molecule has 0 aliphatic rings. The first-order chi connectivity index (χ1) is 10.3. The number of amides is 1. The van der Waals surface area contributed by atoms with Gasteiger partial charge in [0.05, 0.1) is 0 Å². The first kappa shape index (κ1) is 17.0. The summed E-state index contributed by atoms with van der Waals surface area (Å²) in [5.74, 6) is -0.287. The van der Waals surface area contributed by atoms with Crippen LogP contribution in [0.4, 0.5) is 5.69 Å². The van der Waals surface area contributed by atoms with Crippen LogP contribution in [0.3, 0.4) is 0 Å². The van der Waals surface area contributed by atoms with E-state index in [1.807, 2.05) is 0 Å². The summed E-state index contributed by atoms with van der Waals surface area (Å²) < 4.78 is 28.5. The molecular formula is C14H12Br2N2O3S. The third kappa shape index (κ3) is 3.88. The highest BCUT2D eigenvalue weighted by Crippen LogP contribution is 2.27. The van der Waals surface area contributed by atoms with Crippen molar-refractivity contribution in [1.82, 2.24) is 5.32 Å². The SMILES string of the molecule is CNC(=O)c1cccc(NS(=O)(=O)c2cc(Br)ccc2Br)c1. The maximum atomic E-state index is 12.5. The van der Waals surface area contributed by atoms with Crippen LogP contribution in [0.25, 0.3) is 0 Å². The van der Waals surface area contributed by atoms with Crippen molar-refractivity contribution < 1.29 is 13.2 Å². The second kappa shape index (κ2) is 6.80. The lowest BCUT2D eigenvalue weighted by atomic mass is 10.2. The Morgan fingerprint density at radius 2 is 1.82 bits per heavy atom. The summed E-state index contributed by atoms with van der Waals surface area (Å²) in [6.07, 6.45) is 0. The second-order valence-corrected chi connectivity index (χ2v) is 7.76. The number of nitrogens with one attached hydrogen (secondary N) is 2. The Labute approximate surface area is 145 Å². The summed E-state index contributed by atoms with van der Waals surface area (Å²) in [5.41, 5.74) is 0.684. The maximum Gasteiger partial charge on any atom is 0.263 e. The lowest BCUT2D eigenvalue weighted by Gasteiger charge is -2.11. The van der Waals surface area contributed by atoms with Gasteiger partial charge in [0.1, 0.15) is 4.90 Å². The average molecular weight is 448 g/mol. The molecule has 2 aromatic carbocycles. The van der Waals surface area contributed by atoms with E-state index in [2.05, 4.69) is 41.9 Å². The largest absolute Gasteiger partial charge is 0.355 e. The second-order valence-electron chi connectivity index (χ2n) is 4.34. The summed E-state index contributed by atoms with van der Waals surface area (Å²) in [5, 5.41) is 2.49. The van der Waals surface area contributed by atoms with E-state index in [-0.39, 0.29) is 10.8 Å².